The topological polar surface area (TPSA) is 72.7 Å². The normalized spacial score (nSPS) is 11.8. The van der Waals surface area contributed by atoms with Crippen LogP contribution in [0.4, 0.5) is 0 Å². The van der Waals surface area contributed by atoms with E-state index in [9.17, 15) is 5.11 Å². The van der Waals surface area contributed by atoms with Gasteiger partial charge in [0.2, 0.25) is 0 Å². The van der Waals surface area contributed by atoms with Crippen LogP contribution in [-0.4, -0.2) is 34.1 Å². The van der Waals surface area contributed by atoms with Gasteiger partial charge >= 0.3 is 0 Å². The molecule has 0 fully saturated rings. The van der Waals surface area contributed by atoms with Crippen molar-refractivity contribution in [1.82, 2.24) is 5.32 Å². The van der Waals surface area contributed by atoms with Crippen molar-refractivity contribution in [2.45, 2.75) is 19.0 Å². The number of hydrogen-bond donors (Lipinski definition) is 4. The van der Waals surface area contributed by atoms with Crippen LogP contribution in [0.5, 0.6) is 5.75 Å². The summed E-state index contributed by atoms with van der Waals surface area (Å²) in [5, 5.41) is 31.4. The summed E-state index contributed by atoms with van der Waals surface area (Å²) >= 11 is 11.6. The molecule has 0 saturated heterocycles. The Bertz CT molecular complexity index is 395. The van der Waals surface area contributed by atoms with E-state index in [-0.39, 0.29) is 30.5 Å². The van der Waals surface area contributed by atoms with Crippen molar-refractivity contribution in [3.05, 3.63) is 27.7 Å². The molecule has 1 aromatic rings. The van der Waals surface area contributed by atoms with E-state index in [0.717, 1.165) is 0 Å². The van der Waals surface area contributed by atoms with Crippen molar-refractivity contribution in [2.75, 3.05) is 13.2 Å². The number of benzene rings is 1. The minimum Gasteiger partial charge on any atom is -0.506 e. The summed E-state index contributed by atoms with van der Waals surface area (Å²) < 4.78 is 0. The van der Waals surface area contributed by atoms with E-state index in [1.54, 1.807) is 13.0 Å². The molecule has 1 aromatic carbocycles. The number of aliphatic hydroxyl groups is 2. The second kappa shape index (κ2) is 5.89. The summed E-state index contributed by atoms with van der Waals surface area (Å²) in [4.78, 5) is 0. The lowest BCUT2D eigenvalue weighted by molar-refractivity contribution is 0.103. The number of halogens is 2. The summed E-state index contributed by atoms with van der Waals surface area (Å²) in [5.74, 6) is -0.0539. The number of phenols is 1. The molecule has 1 rings (SSSR count). The highest BCUT2D eigenvalue weighted by atomic mass is 35.5. The molecule has 17 heavy (non-hydrogen) atoms. The molecule has 0 atom stereocenters. The molecule has 6 heteroatoms. The van der Waals surface area contributed by atoms with Crippen molar-refractivity contribution < 1.29 is 15.3 Å². The molecule has 4 N–H and O–H groups in total. The lowest BCUT2D eigenvalue weighted by atomic mass is 10.0. The Labute approximate surface area is 110 Å². The number of rotatable bonds is 5. The van der Waals surface area contributed by atoms with E-state index in [2.05, 4.69) is 5.32 Å². The Kier molecular flexibility index (Phi) is 5.04. The van der Waals surface area contributed by atoms with E-state index >= 15 is 0 Å². The molecule has 0 aliphatic heterocycles. The van der Waals surface area contributed by atoms with Gasteiger partial charge in [-0.05, 0) is 19.1 Å². The summed E-state index contributed by atoms with van der Waals surface area (Å²) in [7, 11) is 0. The van der Waals surface area contributed by atoms with E-state index in [0.29, 0.717) is 10.6 Å². The van der Waals surface area contributed by atoms with E-state index < -0.39 is 5.54 Å². The molecule has 0 heterocycles. The van der Waals surface area contributed by atoms with Crippen LogP contribution in [0.2, 0.25) is 10.0 Å². The maximum Gasteiger partial charge on any atom is 0.138 e. The zero-order valence-corrected chi connectivity index (χ0v) is 10.9. The molecule has 0 aliphatic carbocycles. The van der Waals surface area contributed by atoms with Gasteiger partial charge in [-0.2, -0.15) is 0 Å². The van der Waals surface area contributed by atoms with Crippen molar-refractivity contribution in [3.8, 4) is 5.75 Å². The van der Waals surface area contributed by atoms with Crippen molar-refractivity contribution in [2.24, 2.45) is 0 Å². The van der Waals surface area contributed by atoms with Gasteiger partial charge in [-0.25, -0.2) is 0 Å². The summed E-state index contributed by atoms with van der Waals surface area (Å²) in [6.45, 7) is 1.46. The Morgan fingerprint density at radius 1 is 1.24 bits per heavy atom. The third-order valence-corrected chi connectivity index (χ3v) is 3.02. The zero-order chi connectivity index (χ0) is 13.1. The highest BCUT2D eigenvalue weighted by Crippen LogP contribution is 2.31. The third kappa shape index (κ3) is 3.72. The quantitative estimate of drug-likeness (QED) is 0.660. The van der Waals surface area contributed by atoms with Gasteiger partial charge in [0.1, 0.15) is 5.75 Å². The van der Waals surface area contributed by atoms with E-state index in [1.165, 1.54) is 6.07 Å². The van der Waals surface area contributed by atoms with Gasteiger partial charge in [0.05, 0.1) is 23.8 Å². The van der Waals surface area contributed by atoms with Gasteiger partial charge in [0, 0.05) is 17.1 Å². The second-order valence-corrected chi connectivity index (χ2v) is 4.97. The highest BCUT2D eigenvalue weighted by Gasteiger charge is 2.22. The first-order valence-electron chi connectivity index (χ1n) is 5.05. The Balaban J connectivity index is 2.82. The molecule has 0 aliphatic rings. The molecule has 0 amide bonds. The SMILES string of the molecule is CC(CO)(CO)NCc1cc(Cl)cc(Cl)c1O. The average Bonchev–Trinajstić information content (AvgIpc) is 2.31. The van der Waals surface area contributed by atoms with Crippen molar-refractivity contribution in [1.29, 1.82) is 0 Å². The maximum atomic E-state index is 9.71. The van der Waals surface area contributed by atoms with Crippen LogP contribution in [0.3, 0.4) is 0 Å². The van der Waals surface area contributed by atoms with Gasteiger partial charge in [-0.15, -0.1) is 0 Å². The lowest BCUT2D eigenvalue weighted by Gasteiger charge is -2.26. The molecule has 0 saturated carbocycles. The van der Waals surface area contributed by atoms with Gasteiger partial charge in [-0.3, -0.25) is 0 Å². The molecule has 0 spiro atoms. The summed E-state index contributed by atoms with van der Waals surface area (Å²) in [6, 6.07) is 3.02. The smallest absolute Gasteiger partial charge is 0.138 e. The van der Waals surface area contributed by atoms with Crippen molar-refractivity contribution in [3.63, 3.8) is 0 Å². The Morgan fingerprint density at radius 2 is 1.82 bits per heavy atom. The van der Waals surface area contributed by atoms with Crippen LogP contribution in [0.25, 0.3) is 0 Å². The van der Waals surface area contributed by atoms with Crippen LogP contribution in [-0.2, 0) is 6.54 Å². The van der Waals surface area contributed by atoms with E-state index in [1.807, 2.05) is 0 Å². The Morgan fingerprint density at radius 3 is 2.35 bits per heavy atom. The first-order chi connectivity index (χ1) is 7.91. The Hall–Kier alpha value is -0.520. The highest BCUT2D eigenvalue weighted by molar-refractivity contribution is 6.35. The molecular weight excluding hydrogens is 265 g/mol. The van der Waals surface area contributed by atoms with Crippen LogP contribution in [0.15, 0.2) is 12.1 Å². The summed E-state index contributed by atoms with van der Waals surface area (Å²) in [5.41, 5.74) is -0.308. The first kappa shape index (κ1) is 14.5. The number of hydrogen-bond acceptors (Lipinski definition) is 4. The van der Waals surface area contributed by atoms with Crippen LogP contribution in [0, 0.1) is 0 Å². The van der Waals surface area contributed by atoms with Gasteiger partial charge in [0.15, 0.2) is 0 Å². The number of nitrogens with one attached hydrogen (secondary N) is 1. The fourth-order valence-electron chi connectivity index (χ4n) is 1.22. The average molecular weight is 280 g/mol. The molecule has 0 unspecified atom stereocenters. The zero-order valence-electron chi connectivity index (χ0n) is 9.37. The predicted molar refractivity (Wildman–Crippen MR) is 67.5 cm³/mol. The molecule has 4 nitrogen and oxygen atoms in total. The lowest BCUT2D eigenvalue weighted by Crippen LogP contribution is -2.48. The van der Waals surface area contributed by atoms with Gasteiger partial charge < -0.3 is 20.6 Å². The van der Waals surface area contributed by atoms with Crippen LogP contribution in [0.1, 0.15) is 12.5 Å². The first-order valence-corrected chi connectivity index (χ1v) is 5.81. The minimum absolute atomic E-state index is 0.0539. The van der Waals surface area contributed by atoms with Crippen LogP contribution < -0.4 is 5.32 Å². The predicted octanol–water partition coefficient (Wildman–Crippen LogP) is 1.53. The standard InChI is InChI=1S/C11H15Cl2NO3/c1-11(5-15,6-16)14-4-7-2-8(12)3-9(13)10(7)17/h2-3,14-17H,4-6H2,1H3. The van der Waals surface area contributed by atoms with Crippen molar-refractivity contribution >= 4 is 23.2 Å². The molecule has 0 aromatic heterocycles. The fraction of sp³-hybridized carbons (Fsp3) is 0.455. The summed E-state index contributed by atoms with van der Waals surface area (Å²) in [6.07, 6.45) is 0. The molecular formula is C11H15Cl2NO3. The van der Waals surface area contributed by atoms with E-state index in [4.69, 9.17) is 33.4 Å². The fourth-order valence-corrected chi connectivity index (χ4v) is 1.76. The minimum atomic E-state index is -0.818. The molecule has 0 radical (unpaired) electrons. The van der Waals surface area contributed by atoms with Gasteiger partial charge in [0.25, 0.3) is 0 Å². The second-order valence-electron chi connectivity index (χ2n) is 4.13. The number of aromatic hydroxyl groups is 1. The molecule has 0 bridgehead atoms. The van der Waals surface area contributed by atoms with Crippen LogP contribution >= 0.6 is 23.2 Å². The van der Waals surface area contributed by atoms with Gasteiger partial charge in [-0.1, -0.05) is 23.2 Å². The third-order valence-electron chi connectivity index (χ3n) is 2.51. The largest absolute Gasteiger partial charge is 0.506 e. The number of aliphatic hydroxyl groups excluding tert-OH is 2. The monoisotopic (exact) mass is 279 g/mol. The molecule has 96 valence electrons. The maximum absolute atomic E-state index is 9.71. The number of phenolic OH excluding ortho intramolecular Hbond substituents is 1.